The Balaban J connectivity index is 2.10. The van der Waals surface area contributed by atoms with Gasteiger partial charge in [-0.25, -0.2) is 4.98 Å². The summed E-state index contributed by atoms with van der Waals surface area (Å²) in [5.41, 5.74) is 10.2. The zero-order valence-electron chi connectivity index (χ0n) is 9.81. The molecule has 1 unspecified atom stereocenters. The molecule has 0 aliphatic carbocycles. The number of aromatic nitrogens is 1. The summed E-state index contributed by atoms with van der Waals surface area (Å²) in [5, 5.41) is 12.8. The van der Waals surface area contributed by atoms with Gasteiger partial charge in [0.2, 0.25) is 0 Å². The lowest BCUT2D eigenvalue weighted by molar-refractivity contribution is 0.176. The monoisotopic (exact) mass is 251 g/mol. The average molecular weight is 251 g/mol. The molecule has 0 amide bonds. The van der Waals surface area contributed by atoms with Crippen LogP contribution in [-0.2, 0) is 0 Å². The summed E-state index contributed by atoms with van der Waals surface area (Å²) in [5.74, 6) is 0. The van der Waals surface area contributed by atoms with Gasteiger partial charge in [-0.15, -0.1) is 11.3 Å². The molecule has 0 aliphatic rings. The van der Waals surface area contributed by atoms with Gasteiger partial charge in [0, 0.05) is 6.54 Å². The Bertz CT molecular complexity index is 497. The first kappa shape index (κ1) is 12.1. The van der Waals surface area contributed by atoms with Crippen molar-refractivity contribution in [3.05, 3.63) is 17.6 Å². The maximum atomic E-state index is 9.66. The van der Waals surface area contributed by atoms with Gasteiger partial charge in [-0.05, 0) is 18.6 Å². The normalized spacial score (nSPS) is 12.8. The van der Waals surface area contributed by atoms with Crippen LogP contribution in [0, 0.1) is 0 Å². The lowest BCUT2D eigenvalue weighted by atomic mass is 10.2. The molecule has 2 rings (SSSR count). The van der Waals surface area contributed by atoms with Crippen molar-refractivity contribution in [2.45, 2.75) is 25.9 Å². The number of nitrogens with two attached hydrogens (primary N) is 1. The molecule has 1 aromatic carbocycles. The van der Waals surface area contributed by atoms with Gasteiger partial charge in [0.1, 0.15) is 5.52 Å². The van der Waals surface area contributed by atoms with Gasteiger partial charge < -0.3 is 16.2 Å². The van der Waals surface area contributed by atoms with Crippen LogP contribution in [0.1, 0.15) is 19.8 Å². The van der Waals surface area contributed by atoms with Crippen LogP contribution in [0.5, 0.6) is 0 Å². The fourth-order valence-electron chi connectivity index (χ4n) is 1.77. The maximum absolute atomic E-state index is 9.66. The number of benzene rings is 1. The van der Waals surface area contributed by atoms with Crippen LogP contribution < -0.4 is 11.1 Å². The quantitative estimate of drug-likeness (QED) is 0.714. The molecular weight excluding hydrogens is 234 g/mol. The van der Waals surface area contributed by atoms with E-state index in [1.165, 1.54) is 0 Å². The van der Waals surface area contributed by atoms with Crippen LogP contribution in [0.3, 0.4) is 0 Å². The Labute approximate surface area is 104 Å². The predicted molar refractivity (Wildman–Crippen MR) is 73.4 cm³/mol. The minimum absolute atomic E-state index is 0.328. The zero-order valence-corrected chi connectivity index (χ0v) is 10.6. The van der Waals surface area contributed by atoms with E-state index >= 15 is 0 Å². The molecule has 17 heavy (non-hydrogen) atoms. The fourth-order valence-corrected chi connectivity index (χ4v) is 2.46. The number of aliphatic hydroxyl groups excluding tert-OH is 1. The van der Waals surface area contributed by atoms with Crippen molar-refractivity contribution in [2.24, 2.45) is 0 Å². The van der Waals surface area contributed by atoms with Crippen molar-refractivity contribution in [1.29, 1.82) is 0 Å². The third-order valence-electron chi connectivity index (χ3n) is 2.69. The van der Waals surface area contributed by atoms with Crippen molar-refractivity contribution in [1.82, 2.24) is 4.98 Å². The van der Waals surface area contributed by atoms with E-state index < -0.39 is 0 Å². The lowest BCUT2D eigenvalue weighted by Gasteiger charge is -2.13. The second-order valence-corrected chi connectivity index (χ2v) is 4.94. The highest BCUT2D eigenvalue weighted by atomic mass is 32.1. The molecule has 0 radical (unpaired) electrons. The van der Waals surface area contributed by atoms with Crippen molar-refractivity contribution >= 4 is 32.9 Å². The first-order chi connectivity index (χ1) is 8.22. The summed E-state index contributed by atoms with van der Waals surface area (Å²) >= 11 is 1.57. The van der Waals surface area contributed by atoms with Crippen LogP contribution in [0.25, 0.3) is 10.2 Å². The van der Waals surface area contributed by atoms with Gasteiger partial charge in [-0.3, -0.25) is 0 Å². The van der Waals surface area contributed by atoms with Crippen molar-refractivity contribution in [3.8, 4) is 0 Å². The first-order valence-electron chi connectivity index (χ1n) is 5.76. The maximum Gasteiger partial charge on any atom is 0.106 e. The van der Waals surface area contributed by atoms with Crippen molar-refractivity contribution in [2.75, 3.05) is 17.6 Å². The SMILES string of the molecule is CCCC(O)CNc1ccc2scnc2c1N. The molecule has 92 valence electrons. The number of nitrogens with zero attached hydrogens (tertiary/aromatic N) is 1. The number of aliphatic hydroxyl groups is 1. The molecule has 4 nitrogen and oxygen atoms in total. The van der Waals surface area contributed by atoms with Crippen molar-refractivity contribution in [3.63, 3.8) is 0 Å². The molecule has 0 saturated carbocycles. The van der Waals surface area contributed by atoms with E-state index in [2.05, 4.69) is 17.2 Å². The number of rotatable bonds is 5. The summed E-state index contributed by atoms with van der Waals surface area (Å²) in [7, 11) is 0. The highest BCUT2D eigenvalue weighted by Gasteiger charge is 2.08. The Morgan fingerprint density at radius 1 is 1.53 bits per heavy atom. The average Bonchev–Trinajstić information content (AvgIpc) is 2.77. The van der Waals surface area contributed by atoms with Crippen LogP contribution in [-0.4, -0.2) is 22.7 Å². The smallest absolute Gasteiger partial charge is 0.106 e. The second kappa shape index (κ2) is 5.33. The lowest BCUT2D eigenvalue weighted by Crippen LogP contribution is -2.19. The van der Waals surface area contributed by atoms with E-state index in [0.717, 1.165) is 28.7 Å². The third-order valence-corrected chi connectivity index (χ3v) is 3.49. The first-order valence-corrected chi connectivity index (χ1v) is 6.64. The summed E-state index contributed by atoms with van der Waals surface area (Å²) in [6, 6.07) is 3.94. The van der Waals surface area contributed by atoms with E-state index in [9.17, 15) is 5.11 Å². The molecule has 1 aromatic heterocycles. The minimum atomic E-state index is -0.328. The molecule has 1 atom stereocenters. The van der Waals surface area contributed by atoms with Gasteiger partial charge in [-0.1, -0.05) is 13.3 Å². The van der Waals surface area contributed by atoms with Gasteiger partial charge >= 0.3 is 0 Å². The Morgan fingerprint density at radius 2 is 2.35 bits per heavy atom. The van der Waals surface area contributed by atoms with Crippen LogP contribution in [0.4, 0.5) is 11.4 Å². The van der Waals surface area contributed by atoms with E-state index in [0.29, 0.717) is 12.2 Å². The summed E-state index contributed by atoms with van der Waals surface area (Å²) in [6.45, 7) is 2.58. The second-order valence-electron chi connectivity index (χ2n) is 4.05. The van der Waals surface area contributed by atoms with E-state index in [1.807, 2.05) is 12.1 Å². The molecule has 4 N–H and O–H groups in total. The number of nitrogen functional groups attached to an aromatic ring is 1. The summed E-state index contributed by atoms with van der Waals surface area (Å²) in [4.78, 5) is 4.23. The molecule has 0 spiro atoms. The molecule has 1 heterocycles. The third kappa shape index (κ3) is 2.68. The van der Waals surface area contributed by atoms with Crippen LogP contribution in [0.2, 0.25) is 0 Å². The van der Waals surface area contributed by atoms with Gasteiger partial charge in [0.15, 0.2) is 0 Å². The van der Waals surface area contributed by atoms with Crippen LogP contribution in [0.15, 0.2) is 17.6 Å². The summed E-state index contributed by atoms with van der Waals surface area (Å²) < 4.78 is 1.09. The van der Waals surface area contributed by atoms with E-state index in [1.54, 1.807) is 16.8 Å². The molecule has 0 bridgehead atoms. The summed E-state index contributed by atoms with van der Waals surface area (Å²) in [6.07, 6.45) is 1.44. The van der Waals surface area contributed by atoms with Gasteiger partial charge in [0.25, 0.3) is 0 Å². The standard InChI is InChI=1S/C12H17N3OS/c1-2-3-8(16)6-14-9-4-5-10-12(11(9)13)15-7-17-10/h4-5,7-8,14,16H,2-3,6,13H2,1H3. The molecule has 0 fully saturated rings. The van der Waals surface area contributed by atoms with E-state index in [4.69, 9.17) is 5.73 Å². The highest BCUT2D eigenvalue weighted by Crippen LogP contribution is 2.29. The van der Waals surface area contributed by atoms with Gasteiger partial charge in [-0.2, -0.15) is 0 Å². The molecular formula is C12H17N3OS. The highest BCUT2D eigenvalue weighted by molar-refractivity contribution is 7.16. The number of thiazole rings is 1. The van der Waals surface area contributed by atoms with Gasteiger partial charge in [0.05, 0.1) is 27.7 Å². The number of hydrogen-bond acceptors (Lipinski definition) is 5. The van der Waals surface area contributed by atoms with E-state index in [-0.39, 0.29) is 6.10 Å². The minimum Gasteiger partial charge on any atom is -0.395 e. The number of anilines is 2. The zero-order chi connectivity index (χ0) is 12.3. The molecule has 0 aliphatic heterocycles. The molecule has 0 saturated heterocycles. The molecule has 5 heteroatoms. The Kier molecular flexibility index (Phi) is 3.81. The molecule has 2 aromatic rings. The van der Waals surface area contributed by atoms with Crippen molar-refractivity contribution < 1.29 is 5.11 Å². The number of fused-ring (bicyclic) bond motifs is 1. The number of hydrogen-bond donors (Lipinski definition) is 3. The predicted octanol–water partition coefficient (Wildman–Crippen LogP) is 2.45. The topological polar surface area (TPSA) is 71.2 Å². The Morgan fingerprint density at radius 3 is 3.12 bits per heavy atom. The fraction of sp³-hybridized carbons (Fsp3) is 0.417. The Hall–Kier alpha value is -1.33. The van der Waals surface area contributed by atoms with Crippen LogP contribution >= 0.6 is 11.3 Å². The largest absolute Gasteiger partial charge is 0.395 e. The number of nitrogens with one attached hydrogen (secondary N) is 1.